The number of hydrogen-bond donors (Lipinski definition) is 2. The van der Waals surface area contributed by atoms with E-state index >= 15 is 0 Å². The van der Waals surface area contributed by atoms with Crippen LogP contribution in [0.4, 0.5) is 5.69 Å². The van der Waals surface area contributed by atoms with Crippen molar-refractivity contribution in [3.05, 3.63) is 53.9 Å². The molecule has 0 radical (unpaired) electrons. The van der Waals surface area contributed by atoms with Crippen LogP contribution >= 0.6 is 0 Å². The number of ether oxygens (including phenoxy) is 1. The van der Waals surface area contributed by atoms with E-state index in [4.69, 9.17) is 16.2 Å². The fraction of sp³-hybridized carbons (Fsp3) is 0.0769. The molecule has 0 unspecified atom stereocenters. The molecular weight excluding hydrogens is 230 g/mol. The van der Waals surface area contributed by atoms with E-state index in [0.717, 1.165) is 5.56 Å². The van der Waals surface area contributed by atoms with Gasteiger partial charge in [0, 0.05) is 23.6 Å². The monoisotopic (exact) mass is 243 g/mol. The summed E-state index contributed by atoms with van der Waals surface area (Å²) in [6.45, 7) is 0.317. The molecule has 18 heavy (non-hydrogen) atoms. The van der Waals surface area contributed by atoms with Gasteiger partial charge in [0.1, 0.15) is 12.4 Å². The maximum absolute atomic E-state index is 11.3. The van der Waals surface area contributed by atoms with Crippen LogP contribution in [0.15, 0.2) is 42.7 Å². The van der Waals surface area contributed by atoms with Gasteiger partial charge in [-0.15, -0.1) is 0 Å². The van der Waals surface area contributed by atoms with Crippen molar-refractivity contribution >= 4 is 11.6 Å². The molecule has 4 N–H and O–H groups in total. The Morgan fingerprint density at radius 3 is 2.83 bits per heavy atom. The summed E-state index contributed by atoms with van der Waals surface area (Å²) in [4.78, 5) is 15.2. The number of carbonyl (C=O) groups excluding carboxylic acids is 1. The third kappa shape index (κ3) is 2.76. The number of rotatable bonds is 4. The molecule has 2 aromatic rings. The summed E-state index contributed by atoms with van der Waals surface area (Å²) in [7, 11) is 0. The van der Waals surface area contributed by atoms with Gasteiger partial charge < -0.3 is 16.2 Å². The van der Waals surface area contributed by atoms with Crippen molar-refractivity contribution in [1.29, 1.82) is 0 Å². The number of hydrogen-bond acceptors (Lipinski definition) is 4. The number of carbonyl (C=O) groups is 1. The van der Waals surface area contributed by atoms with Crippen molar-refractivity contribution < 1.29 is 9.53 Å². The highest BCUT2D eigenvalue weighted by Gasteiger charge is 2.09. The standard InChI is InChI=1S/C13H13N3O2/c14-10-3-4-12(11(6-10)13(15)17)18-8-9-2-1-5-16-7-9/h1-7H,8,14H2,(H2,15,17). The van der Waals surface area contributed by atoms with Crippen molar-refractivity contribution in [3.63, 3.8) is 0 Å². The summed E-state index contributed by atoms with van der Waals surface area (Å²) in [5.41, 5.74) is 12.5. The van der Waals surface area contributed by atoms with Crippen molar-refractivity contribution in [2.24, 2.45) is 5.73 Å². The van der Waals surface area contributed by atoms with Gasteiger partial charge in [-0.1, -0.05) is 6.07 Å². The van der Waals surface area contributed by atoms with Crippen molar-refractivity contribution in [1.82, 2.24) is 4.98 Å². The topological polar surface area (TPSA) is 91.2 Å². The van der Waals surface area contributed by atoms with Crippen LogP contribution in [0.1, 0.15) is 15.9 Å². The number of nitrogen functional groups attached to an aromatic ring is 1. The highest BCUT2D eigenvalue weighted by atomic mass is 16.5. The van der Waals surface area contributed by atoms with E-state index in [1.54, 1.807) is 24.5 Å². The zero-order valence-electron chi connectivity index (χ0n) is 9.67. The fourth-order valence-corrected chi connectivity index (χ4v) is 1.51. The van der Waals surface area contributed by atoms with Crippen LogP contribution in [-0.2, 0) is 6.61 Å². The summed E-state index contributed by atoms with van der Waals surface area (Å²) in [5, 5.41) is 0. The molecule has 0 aliphatic heterocycles. The Morgan fingerprint density at radius 2 is 2.17 bits per heavy atom. The van der Waals surface area contributed by atoms with Crippen LogP contribution in [-0.4, -0.2) is 10.9 Å². The lowest BCUT2D eigenvalue weighted by atomic mass is 10.1. The largest absolute Gasteiger partial charge is 0.488 e. The molecule has 1 heterocycles. The Hall–Kier alpha value is -2.56. The van der Waals surface area contributed by atoms with Gasteiger partial charge in [-0.2, -0.15) is 0 Å². The first-order chi connectivity index (χ1) is 8.66. The molecule has 0 fully saturated rings. The number of nitrogens with zero attached hydrogens (tertiary/aromatic N) is 1. The molecule has 0 saturated heterocycles. The van der Waals surface area contributed by atoms with E-state index in [1.165, 1.54) is 6.07 Å². The highest BCUT2D eigenvalue weighted by Crippen LogP contribution is 2.21. The molecule has 0 aliphatic carbocycles. The normalized spacial score (nSPS) is 10.0. The smallest absolute Gasteiger partial charge is 0.252 e. The van der Waals surface area contributed by atoms with Gasteiger partial charge in [0.25, 0.3) is 5.91 Å². The second kappa shape index (κ2) is 5.18. The predicted molar refractivity (Wildman–Crippen MR) is 67.9 cm³/mol. The van der Waals surface area contributed by atoms with Gasteiger partial charge in [-0.3, -0.25) is 9.78 Å². The minimum Gasteiger partial charge on any atom is -0.488 e. The van der Waals surface area contributed by atoms with Gasteiger partial charge in [0.2, 0.25) is 0 Å². The van der Waals surface area contributed by atoms with Gasteiger partial charge in [-0.05, 0) is 24.3 Å². The van der Waals surface area contributed by atoms with Gasteiger partial charge in [0.05, 0.1) is 5.56 Å². The third-order valence-electron chi connectivity index (χ3n) is 2.39. The predicted octanol–water partition coefficient (Wildman–Crippen LogP) is 1.34. The second-order valence-electron chi connectivity index (χ2n) is 3.77. The van der Waals surface area contributed by atoms with E-state index < -0.39 is 5.91 Å². The molecule has 92 valence electrons. The average molecular weight is 243 g/mol. The quantitative estimate of drug-likeness (QED) is 0.793. The lowest BCUT2D eigenvalue weighted by Gasteiger charge is -2.10. The van der Waals surface area contributed by atoms with Crippen LogP contribution in [0.25, 0.3) is 0 Å². The van der Waals surface area contributed by atoms with Crippen LogP contribution in [0, 0.1) is 0 Å². The molecule has 0 atom stereocenters. The van der Waals surface area contributed by atoms with Gasteiger partial charge >= 0.3 is 0 Å². The lowest BCUT2D eigenvalue weighted by molar-refractivity contribution is 0.0996. The lowest BCUT2D eigenvalue weighted by Crippen LogP contribution is -2.13. The number of benzene rings is 1. The molecule has 2 rings (SSSR count). The van der Waals surface area contributed by atoms with Gasteiger partial charge in [-0.25, -0.2) is 0 Å². The Labute approximate surface area is 104 Å². The second-order valence-corrected chi connectivity index (χ2v) is 3.77. The Morgan fingerprint density at radius 1 is 1.33 bits per heavy atom. The first-order valence-electron chi connectivity index (χ1n) is 5.38. The number of amides is 1. The van der Waals surface area contributed by atoms with E-state index in [2.05, 4.69) is 4.98 Å². The molecule has 1 aromatic carbocycles. The highest BCUT2D eigenvalue weighted by molar-refractivity contribution is 5.96. The molecular formula is C13H13N3O2. The SMILES string of the molecule is NC(=O)c1cc(N)ccc1OCc1cccnc1. The summed E-state index contributed by atoms with van der Waals surface area (Å²) in [5.74, 6) is -0.149. The van der Waals surface area contributed by atoms with Crippen molar-refractivity contribution in [3.8, 4) is 5.75 Å². The van der Waals surface area contributed by atoms with E-state index in [1.807, 2.05) is 12.1 Å². The first-order valence-corrected chi connectivity index (χ1v) is 5.38. The maximum atomic E-state index is 11.3. The molecule has 5 heteroatoms. The first kappa shape index (κ1) is 11.9. The Balaban J connectivity index is 2.17. The molecule has 0 spiro atoms. The van der Waals surface area contributed by atoms with E-state index in [9.17, 15) is 4.79 Å². The number of pyridine rings is 1. The summed E-state index contributed by atoms with van der Waals surface area (Å²) in [6, 6.07) is 8.49. The number of anilines is 1. The minimum atomic E-state index is -0.566. The molecule has 1 amide bonds. The van der Waals surface area contributed by atoms with Crippen LogP contribution in [0.2, 0.25) is 0 Å². The van der Waals surface area contributed by atoms with E-state index in [-0.39, 0.29) is 5.56 Å². The molecule has 0 bridgehead atoms. The third-order valence-corrected chi connectivity index (χ3v) is 2.39. The zero-order chi connectivity index (χ0) is 13.0. The minimum absolute atomic E-state index is 0.277. The van der Waals surface area contributed by atoms with Crippen LogP contribution in [0.5, 0.6) is 5.75 Å². The Bertz CT molecular complexity index is 555. The van der Waals surface area contributed by atoms with Crippen molar-refractivity contribution in [2.75, 3.05) is 5.73 Å². The number of nitrogens with two attached hydrogens (primary N) is 2. The fourth-order valence-electron chi connectivity index (χ4n) is 1.51. The Kier molecular flexibility index (Phi) is 3.43. The summed E-state index contributed by atoms with van der Waals surface area (Å²) < 4.78 is 5.54. The molecule has 1 aromatic heterocycles. The zero-order valence-corrected chi connectivity index (χ0v) is 9.67. The molecule has 0 saturated carbocycles. The van der Waals surface area contributed by atoms with Crippen LogP contribution < -0.4 is 16.2 Å². The summed E-state index contributed by atoms with van der Waals surface area (Å²) >= 11 is 0. The van der Waals surface area contributed by atoms with Crippen LogP contribution in [0.3, 0.4) is 0 Å². The number of aromatic nitrogens is 1. The number of primary amides is 1. The van der Waals surface area contributed by atoms with E-state index in [0.29, 0.717) is 18.0 Å². The summed E-state index contributed by atoms with van der Waals surface area (Å²) in [6.07, 6.45) is 3.38. The average Bonchev–Trinajstić information content (AvgIpc) is 2.38. The molecule has 5 nitrogen and oxygen atoms in total. The maximum Gasteiger partial charge on any atom is 0.252 e. The van der Waals surface area contributed by atoms with Gasteiger partial charge in [0.15, 0.2) is 0 Å². The molecule has 0 aliphatic rings. The van der Waals surface area contributed by atoms with Crippen molar-refractivity contribution in [2.45, 2.75) is 6.61 Å².